The molecule has 1 saturated carbocycles. The number of alkyl carbamates (subject to hydrolysis) is 1. The highest BCUT2D eigenvalue weighted by Crippen LogP contribution is 2.36. The van der Waals surface area contributed by atoms with E-state index in [1.807, 2.05) is 35.2 Å². The normalized spacial score (nSPS) is 20.3. The quantitative estimate of drug-likeness (QED) is 0.900. The molecule has 1 aliphatic carbocycles. The number of carbonyl (C=O) groups excluding carboxylic acids is 1. The van der Waals surface area contributed by atoms with E-state index in [2.05, 4.69) is 15.5 Å². The lowest BCUT2D eigenvalue weighted by Crippen LogP contribution is -2.37. The smallest absolute Gasteiger partial charge is 0.407 e. The number of carbonyl (C=O) groups is 1. The van der Waals surface area contributed by atoms with E-state index in [0.717, 1.165) is 37.3 Å². The molecule has 1 saturated heterocycles. The van der Waals surface area contributed by atoms with Gasteiger partial charge in [0.15, 0.2) is 0 Å². The zero-order valence-electron chi connectivity index (χ0n) is 14.1. The van der Waals surface area contributed by atoms with Crippen LogP contribution in [0.1, 0.15) is 43.1 Å². The van der Waals surface area contributed by atoms with Crippen LogP contribution in [0.5, 0.6) is 0 Å². The van der Waals surface area contributed by atoms with Crippen LogP contribution in [0.2, 0.25) is 0 Å². The maximum Gasteiger partial charge on any atom is 0.407 e. The van der Waals surface area contributed by atoms with Crippen molar-refractivity contribution in [3.05, 3.63) is 41.8 Å². The number of anilines is 1. The van der Waals surface area contributed by atoms with Crippen LogP contribution in [0.15, 0.2) is 34.7 Å². The summed E-state index contributed by atoms with van der Waals surface area (Å²) in [6.45, 7) is 1.72. The number of hydrogen-bond donors (Lipinski definition) is 1. The van der Waals surface area contributed by atoms with E-state index in [9.17, 15) is 4.79 Å². The Morgan fingerprint density at radius 2 is 2.08 bits per heavy atom. The van der Waals surface area contributed by atoms with Crippen molar-refractivity contribution < 1.29 is 13.9 Å². The minimum Gasteiger partial charge on any atom is -0.445 e. The Kier molecular flexibility index (Phi) is 4.54. The van der Waals surface area contributed by atoms with Crippen LogP contribution in [-0.4, -0.2) is 35.4 Å². The average Bonchev–Trinajstić information content (AvgIpc) is 3.22. The predicted molar refractivity (Wildman–Crippen MR) is 91.3 cm³/mol. The first-order chi connectivity index (χ1) is 12.3. The molecular weight excluding hydrogens is 320 g/mol. The lowest BCUT2D eigenvalue weighted by molar-refractivity contribution is 0.136. The predicted octanol–water partition coefficient (Wildman–Crippen LogP) is 2.84. The lowest BCUT2D eigenvalue weighted by atomic mass is 9.85. The van der Waals surface area contributed by atoms with E-state index < -0.39 is 6.09 Å². The first-order valence-electron chi connectivity index (χ1n) is 8.83. The van der Waals surface area contributed by atoms with E-state index in [0.29, 0.717) is 18.5 Å². The SMILES string of the molecule is O=C(N[C@H]1CCN(c2nnc(C3CCC3)o2)C1)OCc1ccccc1. The number of rotatable bonds is 5. The maximum atomic E-state index is 12.0. The van der Waals surface area contributed by atoms with Crippen molar-refractivity contribution >= 4 is 12.1 Å². The molecule has 2 heterocycles. The van der Waals surface area contributed by atoms with Gasteiger partial charge in [0.05, 0.1) is 6.04 Å². The van der Waals surface area contributed by atoms with E-state index in [1.54, 1.807) is 0 Å². The Bertz CT molecular complexity index is 714. The molecule has 2 fully saturated rings. The summed E-state index contributed by atoms with van der Waals surface area (Å²) < 4.78 is 11.1. The van der Waals surface area contributed by atoms with E-state index in [-0.39, 0.29) is 12.6 Å². The van der Waals surface area contributed by atoms with Crippen LogP contribution in [0.25, 0.3) is 0 Å². The summed E-state index contributed by atoms with van der Waals surface area (Å²) in [5.41, 5.74) is 0.972. The number of nitrogens with one attached hydrogen (secondary N) is 1. The van der Waals surface area contributed by atoms with E-state index in [4.69, 9.17) is 9.15 Å². The Balaban J connectivity index is 1.24. The van der Waals surface area contributed by atoms with Gasteiger partial charge < -0.3 is 19.4 Å². The fourth-order valence-electron chi connectivity index (χ4n) is 3.16. The van der Waals surface area contributed by atoms with Gasteiger partial charge >= 0.3 is 12.1 Å². The Hall–Kier alpha value is -2.57. The third-order valence-corrected chi connectivity index (χ3v) is 4.88. The zero-order chi connectivity index (χ0) is 17.1. The molecule has 0 bridgehead atoms. The summed E-state index contributed by atoms with van der Waals surface area (Å²) in [5, 5.41) is 11.2. The van der Waals surface area contributed by atoms with Gasteiger partial charge in [0.2, 0.25) is 5.89 Å². The molecule has 2 aromatic rings. The molecule has 4 rings (SSSR count). The second-order valence-electron chi connectivity index (χ2n) is 6.69. The maximum absolute atomic E-state index is 12.0. The molecule has 0 radical (unpaired) electrons. The van der Waals surface area contributed by atoms with Crippen LogP contribution in [0.3, 0.4) is 0 Å². The van der Waals surface area contributed by atoms with E-state index >= 15 is 0 Å². The molecule has 7 nitrogen and oxygen atoms in total. The molecule has 2 aliphatic rings. The highest BCUT2D eigenvalue weighted by atomic mass is 16.5. The van der Waals surface area contributed by atoms with Crippen molar-refractivity contribution in [1.29, 1.82) is 0 Å². The summed E-state index contributed by atoms with van der Waals surface area (Å²) in [4.78, 5) is 14.0. The minimum absolute atomic E-state index is 0.0299. The van der Waals surface area contributed by atoms with Crippen molar-refractivity contribution in [3.8, 4) is 0 Å². The second kappa shape index (κ2) is 7.13. The monoisotopic (exact) mass is 342 g/mol. The van der Waals surface area contributed by atoms with Gasteiger partial charge in [0.25, 0.3) is 0 Å². The fourth-order valence-corrected chi connectivity index (χ4v) is 3.16. The summed E-state index contributed by atoms with van der Waals surface area (Å²) >= 11 is 0. The average molecular weight is 342 g/mol. The fraction of sp³-hybridized carbons (Fsp3) is 0.500. The summed E-state index contributed by atoms with van der Waals surface area (Å²) in [6.07, 6.45) is 3.96. The minimum atomic E-state index is -0.392. The van der Waals surface area contributed by atoms with Crippen LogP contribution in [-0.2, 0) is 11.3 Å². The molecule has 1 atom stereocenters. The van der Waals surface area contributed by atoms with Crippen molar-refractivity contribution in [2.75, 3.05) is 18.0 Å². The number of nitrogens with zero attached hydrogens (tertiary/aromatic N) is 3. The van der Waals surface area contributed by atoms with Gasteiger partial charge in [-0.2, -0.15) is 0 Å². The van der Waals surface area contributed by atoms with Gasteiger partial charge in [-0.3, -0.25) is 0 Å². The number of benzene rings is 1. The number of aromatic nitrogens is 2. The molecule has 0 unspecified atom stereocenters. The second-order valence-corrected chi connectivity index (χ2v) is 6.69. The molecule has 1 N–H and O–H groups in total. The van der Waals surface area contributed by atoms with Crippen molar-refractivity contribution in [2.24, 2.45) is 0 Å². The molecule has 1 aromatic heterocycles. The third kappa shape index (κ3) is 3.75. The lowest BCUT2D eigenvalue weighted by Gasteiger charge is -2.21. The molecule has 7 heteroatoms. The number of hydrogen-bond acceptors (Lipinski definition) is 6. The topological polar surface area (TPSA) is 80.5 Å². The number of ether oxygens (including phenoxy) is 1. The van der Waals surface area contributed by atoms with Crippen LogP contribution in [0, 0.1) is 0 Å². The molecule has 1 aromatic carbocycles. The molecule has 0 spiro atoms. The molecular formula is C18H22N4O3. The van der Waals surface area contributed by atoms with Crippen molar-refractivity contribution in [2.45, 2.75) is 44.2 Å². The van der Waals surface area contributed by atoms with Gasteiger partial charge in [0, 0.05) is 19.0 Å². The molecule has 1 amide bonds. The Morgan fingerprint density at radius 1 is 1.24 bits per heavy atom. The van der Waals surface area contributed by atoms with Crippen molar-refractivity contribution in [1.82, 2.24) is 15.5 Å². The standard InChI is InChI=1S/C18H22N4O3/c23-18(24-12-13-5-2-1-3-6-13)19-15-9-10-22(11-15)17-21-20-16(25-17)14-7-4-8-14/h1-3,5-6,14-15H,4,7-12H2,(H,19,23)/t15-/m0/s1. The first-order valence-corrected chi connectivity index (χ1v) is 8.83. The van der Waals surface area contributed by atoms with Crippen molar-refractivity contribution in [3.63, 3.8) is 0 Å². The van der Waals surface area contributed by atoms with Gasteiger partial charge in [-0.25, -0.2) is 4.79 Å². The summed E-state index contributed by atoms with van der Waals surface area (Å²) in [5.74, 6) is 1.19. The van der Waals surface area contributed by atoms with Crippen LogP contribution in [0.4, 0.5) is 10.8 Å². The highest BCUT2D eigenvalue weighted by Gasteiger charge is 2.30. The number of amides is 1. The largest absolute Gasteiger partial charge is 0.445 e. The molecule has 25 heavy (non-hydrogen) atoms. The van der Waals surface area contributed by atoms with Gasteiger partial charge in [-0.15, -0.1) is 5.10 Å². The van der Waals surface area contributed by atoms with Gasteiger partial charge in [-0.1, -0.05) is 41.9 Å². The molecule has 1 aliphatic heterocycles. The molecule has 132 valence electrons. The Labute approximate surface area is 146 Å². The first kappa shape index (κ1) is 15.9. The van der Waals surface area contributed by atoms with Crippen LogP contribution < -0.4 is 10.2 Å². The summed E-state index contributed by atoms with van der Waals surface area (Å²) in [6, 6.07) is 10.2. The summed E-state index contributed by atoms with van der Waals surface area (Å²) in [7, 11) is 0. The highest BCUT2D eigenvalue weighted by molar-refractivity contribution is 5.67. The Morgan fingerprint density at radius 3 is 2.84 bits per heavy atom. The zero-order valence-corrected chi connectivity index (χ0v) is 14.1. The van der Waals surface area contributed by atoms with Gasteiger partial charge in [-0.05, 0) is 24.8 Å². The van der Waals surface area contributed by atoms with E-state index in [1.165, 1.54) is 6.42 Å². The van der Waals surface area contributed by atoms with Crippen LogP contribution >= 0.6 is 0 Å². The third-order valence-electron chi connectivity index (χ3n) is 4.88. The van der Waals surface area contributed by atoms with Gasteiger partial charge in [0.1, 0.15) is 6.61 Å².